The number of piperidine rings is 1. The van der Waals surface area contributed by atoms with Gasteiger partial charge in [0.15, 0.2) is 0 Å². The molecule has 122 valence electrons. The van der Waals surface area contributed by atoms with Gasteiger partial charge < -0.3 is 9.64 Å². The summed E-state index contributed by atoms with van der Waals surface area (Å²) < 4.78 is 5.06. The molecule has 2 aromatic rings. The first-order valence-corrected chi connectivity index (χ1v) is 9.05. The van der Waals surface area contributed by atoms with Crippen molar-refractivity contribution >= 4 is 40.4 Å². The summed E-state index contributed by atoms with van der Waals surface area (Å²) >= 11 is 7.97. The number of carbonyl (C=O) groups excluding carboxylic acids is 1. The molecule has 1 amide bonds. The number of hydrogen-bond acceptors (Lipinski definition) is 4. The molecule has 6 heteroatoms. The lowest BCUT2D eigenvalue weighted by Gasteiger charge is -2.31. The van der Waals surface area contributed by atoms with Gasteiger partial charge in [0, 0.05) is 39.8 Å². The van der Waals surface area contributed by atoms with Crippen molar-refractivity contribution in [2.24, 2.45) is 0 Å². The van der Waals surface area contributed by atoms with E-state index in [0.717, 1.165) is 41.9 Å². The number of carbonyl (C=O) groups is 1. The number of ether oxygens (including phenoxy) is 1. The Bertz CT molecular complexity index is 702. The van der Waals surface area contributed by atoms with Crippen molar-refractivity contribution in [3.63, 3.8) is 0 Å². The van der Waals surface area contributed by atoms with Crippen molar-refractivity contribution in [2.45, 2.75) is 29.9 Å². The molecular formula is C17H19ClN2O2S. The first-order valence-electron chi connectivity index (χ1n) is 7.80. The number of rotatable bonds is 3. The molecule has 0 aliphatic carbocycles. The Hall–Kier alpha value is -1.46. The van der Waals surface area contributed by atoms with Crippen LogP contribution in [-0.2, 0) is 4.74 Å². The van der Waals surface area contributed by atoms with E-state index < -0.39 is 0 Å². The van der Waals surface area contributed by atoms with E-state index in [1.54, 1.807) is 4.90 Å². The smallest absolute Gasteiger partial charge is 0.409 e. The Labute approximate surface area is 145 Å². The third-order valence-corrected chi connectivity index (χ3v) is 5.57. The van der Waals surface area contributed by atoms with E-state index in [4.69, 9.17) is 16.3 Å². The van der Waals surface area contributed by atoms with E-state index in [1.165, 1.54) is 4.90 Å². The normalized spacial score (nSPS) is 15.8. The minimum Gasteiger partial charge on any atom is -0.450 e. The first-order chi connectivity index (χ1) is 11.2. The summed E-state index contributed by atoms with van der Waals surface area (Å²) in [5.74, 6) is 0. The third-order valence-electron chi connectivity index (χ3n) is 3.93. The molecule has 1 aromatic heterocycles. The molecule has 0 spiro atoms. The Kier molecular flexibility index (Phi) is 5.28. The lowest BCUT2D eigenvalue weighted by Crippen LogP contribution is -2.39. The van der Waals surface area contributed by atoms with E-state index >= 15 is 0 Å². The van der Waals surface area contributed by atoms with Gasteiger partial charge in [0.1, 0.15) is 0 Å². The van der Waals surface area contributed by atoms with Crippen molar-refractivity contribution in [2.75, 3.05) is 19.7 Å². The van der Waals surface area contributed by atoms with Gasteiger partial charge in [-0.3, -0.25) is 4.98 Å². The van der Waals surface area contributed by atoms with Crippen LogP contribution in [0.5, 0.6) is 0 Å². The predicted molar refractivity (Wildman–Crippen MR) is 94.2 cm³/mol. The Morgan fingerprint density at radius 3 is 2.91 bits per heavy atom. The van der Waals surface area contributed by atoms with Crippen LogP contribution in [0.1, 0.15) is 19.8 Å². The van der Waals surface area contributed by atoms with Crippen LogP contribution < -0.4 is 0 Å². The Morgan fingerprint density at radius 2 is 2.17 bits per heavy atom. The molecule has 1 aliphatic heterocycles. The second kappa shape index (κ2) is 7.41. The average Bonchev–Trinajstić information content (AvgIpc) is 2.56. The molecule has 2 heterocycles. The van der Waals surface area contributed by atoms with E-state index in [-0.39, 0.29) is 6.09 Å². The van der Waals surface area contributed by atoms with Gasteiger partial charge in [0.05, 0.1) is 12.1 Å². The number of amides is 1. The molecule has 3 rings (SSSR count). The van der Waals surface area contributed by atoms with E-state index in [9.17, 15) is 4.79 Å². The van der Waals surface area contributed by atoms with Crippen LogP contribution in [0.25, 0.3) is 10.9 Å². The second-order valence-electron chi connectivity index (χ2n) is 5.47. The van der Waals surface area contributed by atoms with Crippen molar-refractivity contribution in [3.05, 3.63) is 35.5 Å². The first kappa shape index (κ1) is 16.4. The summed E-state index contributed by atoms with van der Waals surface area (Å²) in [6.45, 7) is 3.76. The standard InChI is InChI=1S/C17H19ClN2O2S/c1-2-22-17(21)20-9-6-13(7-10-20)23-16-5-8-19-15-4-3-12(18)11-14(15)16/h3-5,8,11,13H,2,6-7,9-10H2,1H3. The highest BCUT2D eigenvalue weighted by atomic mass is 35.5. The molecule has 23 heavy (non-hydrogen) atoms. The third kappa shape index (κ3) is 3.90. The SMILES string of the molecule is CCOC(=O)N1CCC(Sc2ccnc3ccc(Cl)cc23)CC1. The van der Waals surface area contributed by atoms with Crippen LogP contribution in [0.3, 0.4) is 0 Å². The molecule has 1 aromatic carbocycles. The number of aromatic nitrogens is 1. The fourth-order valence-corrected chi connectivity index (χ4v) is 4.15. The molecule has 0 unspecified atom stereocenters. The van der Waals surface area contributed by atoms with Gasteiger partial charge in [-0.05, 0) is 44.0 Å². The zero-order valence-electron chi connectivity index (χ0n) is 13.0. The van der Waals surface area contributed by atoms with Crippen LogP contribution in [0.2, 0.25) is 5.02 Å². The zero-order chi connectivity index (χ0) is 16.2. The van der Waals surface area contributed by atoms with E-state index in [1.807, 2.05) is 49.1 Å². The van der Waals surface area contributed by atoms with E-state index in [2.05, 4.69) is 4.98 Å². The van der Waals surface area contributed by atoms with Gasteiger partial charge in [0.25, 0.3) is 0 Å². The summed E-state index contributed by atoms with van der Waals surface area (Å²) in [5.41, 5.74) is 0.961. The molecule has 1 fully saturated rings. The van der Waals surface area contributed by atoms with Crippen molar-refractivity contribution in [3.8, 4) is 0 Å². The zero-order valence-corrected chi connectivity index (χ0v) is 14.6. The molecule has 4 nitrogen and oxygen atoms in total. The number of nitrogens with zero attached hydrogens (tertiary/aromatic N) is 2. The van der Waals surface area contributed by atoms with Gasteiger partial charge in [-0.25, -0.2) is 4.79 Å². The lowest BCUT2D eigenvalue weighted by molar-refractivity contribution is 0.100. The van der Waals surface area contributed by atoms with Crippen LogP contribution in [0, 0.1) is 0 Å². The number of benzene rings is 1. The molecule has 0 radical (unpaired) electrons. The van der Waals surface area contributed by atoms with Crippen LogP contribution in [0.15, 0.2) is 35.4 Å². The quantitative estimate of drug-likeness (QED) is 0.811. The number of pyridine rings is 1. The minimum atomic E-state index is -0.197. The van der Waals surface area contributed by atoms with Gasteiger partial charge >= 0.3 is 6.09 Å². The number of halogens is 1. The highest BCUT2D eigenvalue weighted by Crippen LogP contribution is 2.35. The molecule has 1 saturated heterocycles. The topological polar surface area (TPSA) is 42.4 Å². The molecule has 0 saturated carbocycles. The maximum atomic E-state index is 11.7. The monoisotopic (exact) mass is 350 g/mol. The molecule has 0 atom stereocenters. The maximum absolute atomic E-state index is 11.7. The summed E-state index contributed by atoms with van der Waals surface area (Å²) in [6.07, 6.45) is 3.57. The molecule has 0 bridgehead atoms. The van der Waals surface area contributed by atoms with Crippen LogP contribution >= 0.6 is 23.4 Å². The van der Waals surface area contributed by atoms with E-state index in [0.29, 0.717) is 11.9 Å². The van der Waals surface area contributed by atoms with Gasteiger partial charge in [0.2, 0.25) is 0 Å². The van der Waals surface area contributed by atoms with Crippen LogP contribution in [-0.4, -0.2) is 40.9 Å². The highest BCUT2D eigenvalue weighted by molar-refractivity contribution is 8.00. The number of hydrogen-bond donors (Lipinski definition) is 0. The Morgan fingerprint density at radius 1 is 1.39 bits per heavy atom. The summed E-state index contributed by atoms with van der Waals surface area (Å²) in [6, 6.07) is 7.83. The highest BCUT2D eigenvalue weighted by Gasteiger charge is 2.24. The van der Waals surface area contributed by atoms with Crippen molar-refractivity contribution in [1.82, 2.24) is 9.88 Å². The van der Waals surface area contributed by atoms with Gasteiger partial charge in [-0.1, -0.05) is 11.6 Å². The largest absolute Gasteiger partial charge is 0.450 e. The maximum Gasteiger partial charge on any atom is 0.409 e. The number of thioether (sulfide) groups is 1. The fraction of sp³-hybridized carbons (Fsp3) is 0.412. The minimum absolute atomic E-state index is 0.197. The fourth-order valence-electron chi connectivity index (χ4n) is 2.75. The predicted octanol–water partition coefficient (Wildman–Crippen LogP) is 4.60. The number of fused-ring (bicyclic) bond motifs is 1. The van der Waals surface area contributed by atoms with Gasteiger partial charge in [-0.2, -0.15) is 0 Å². The summed E-state index contributed by atoms with van der Waals surface area (Å²) in [4.78, 5) is 19.1. The summed E-state index contributed by atoms with van der Waals surface area (Å²) in [7, 11) is 0. The molecular weight excluding hydrogens is 332 g/mol. The molecule has 1 aliphatic rings. The Balaban J connectivity index is 1.67. The number of likely N-dealkylation sites (tertiary alicyclic amines) is 1. The average molecular weight is 351 g/mol. The van der Waals surface area contributed by atoms with Gasteiger partial charge in [-0.15, -0.1) is 11.8 Å². The second-order valence-corrected chi connectivity index (χ2v) is 7.25. The van der Waals surface area contributed by atoms with Crippen molar-refractivity contribution in [1.29, 1.82) is 0 Å². The van der Waals surface area contributed by atoms with Crippen LogP contribution in [0.4, 0.5) is 4.79 Å². The lowest BCUT2D eigenvalue weighted by atomic mass is 10.1. The van der Waals surface area contributed by atoms with Crippen molar-refractivity contribution < 1.29 is 9.53 Å². The molecule has 0 N–H and O–H groups in total. The summed E-state index contributed by atoms with van der Waals surface area (Å²) in [5, 5.41) is 2.31.